The molecule has 2 nitrogen and oxygen atoms in total. The van der Waals surface area contributed by atoms with Gasteiger partial charge in [-0.25, -0.2) is 0 Å². The molecule has 0 aliphatic heterocycles. The highest BCUT2D eigenvalue weighted by atomic mass is 16.7. The van der Waals surface area contributed by atoms with E-state index in [2.05, 4.69) is 102 Å². The molecule has 2 unspecified atom stereocenters. The Bertz CT molecular complexity index is 619. The van der Waals surface area contributed by atoms with Gasteiger partial charge in [0.1, 0.15) is 0 Å². The Hall–Kier alpha value is -1.64. The SMILES string of the molecule is CC(ON(C(c1ccccc1)C(C)C)C(C)(C)C)C1=CC=CC=C[CH]1. The second-order valence-corrected chi connectivity index (χ2v) is 7.95. The van der Waals surface area contributed by atoms with Gasteiger partial charge in [0, 0.05) is 12.0 Å². The standard InChI is InChI=1S/C23H32NO/c1-18(2)22(21-16-12-9-13-17-21)24(23(4,5)6)25-19(3)20-14-10-7-8-11-15-20/h7-19,22H,1-6H3. The lowest BCUT2D eigenvalue weighted by Gasteiger charge is -2.44. The highest BCUT2D eigenvalue weighted by Crippen LogP contribution is 2.35. The van der Waals surface area contributed by atoms with Crippen LogP contribution in [0.15, 0.2) is 66.3 Å². The van der Waals surface area contributed by atoms with E-state index < -0.39 is 0 Å². The second-order valence-electron chi connectivity index (χ2n) is 7.95. The van der Waals surface area contributed by atoms with Crippen LogP contribution in [-0.4, -0.2) is 16.7 Å². The van der Waals surface area contributed by atoms with Crippen LogP contribution in [0, 0.1) is 12.3 Å². The highest BCUT2D eigenvalue weighted by Gasteiger charge is 2.34. The predicted molar refractivity (Wildman–Crippen MR) is 107 cm³/mol. The third-order valence-corrected chi connectivity index (χ3v) is 4.34. The molecule has 1 aliphatic carbocycles. The summed E-state index contributed by atoms with van der Waals surface area (Å²) in [5.74, 6) is 0.431. The number of allylic oxidation sites excluding steroid dienone is 5. The molecular weight excluding hydrogens is 306 g/mol. The van der Waals surface area contributed by atoms with E-state index >= 15 is 0 Å². The number of rotatable bonds is 6. The summed E-state index contributed by atoms with van der Waals surface area (Å²) in [5, 5.41) is 2.19. The van der Waals surface area contributed by atoms with Gasteiger partial charge in [-0.15, -0.1) is 0 Å². The zero-order valence-electron chi connectivity index (χ0n) is 16.4. The lowest BCUT2D eigenvalue weighted by molar-refractivity contribution is -0.262. The number of hydroxylamine groups is 2. The lowest BCUT2D eigenvalue weighted by atomic mass is 9.92. The predicted octanol–water partition coefficient (Wildman–Crippen LogP) is 6.06. The van der Waals surface area contributed by atoms with Gasteiger partial charge in [0.15, 0.2) is 0 Å². The normalized spacial score (nSPS) is 17.5. The Kier molecular flexibility index (Phi) is 6.80. The first kappa shape index (κ1) is 19.7. The first-order valence-corrected chi connectivity index (χ1v) is 9.20. The van der Waals surface area contributed by atoms with Gasteiger partial charge in [0.2, 0.25) is 0 Å². The summed E-state index contributed by atoms with van der Waals surface area (Å²) in [6.07, 6.45) is 12.4. The van der Waals surface area contributed by atoms with Gasteiger partial charge in [-0.2, -0.15) is 5.06 Å². The zero-order chi connectivity index (χ0) is 18.4. The molecule has 0 heterocycles. The molecule has 0 aromatic heterocycles. The van der Waals surface area contributed by atoms with Gasteiger partial charge in [0.05, 0.1) is 12.1 Å². The summed E-state index contributed by atoms with van der Waals surface area (Å²) in [6.45, 7) is 13.3. The molecule has 1 radical (unpaired) electrons. The van der Waals surface area contributed by atoms with Crippen LogP contribution < -0.4 is 0 Å². The third-order valence-electron chi connectivity index (χ3n) is 4.34. The van der Waals surface area contributed by atoms with E-state index in [0.29, 0.717) is 5.92 Å². The molecule has 1 aromatic rings. The van der Waals surface area contributed by atoms with E-state index in [9.17, 15) is 0 Å². The van der Waals surface area contributed by atoms with Crippen LogP contribution >= 0.6 is 0 Å². The summed E-state index contributed by atoms with van der Waals surface area (Å²) >= 11 is 0. The third kappa shape index (κ3) is 5.42. The monoisotopic (exact) mass is 338 g/mol. The summed E-state index contributed by atoms with van der Waals surface area (Å²) in [5.41, 5.74) is 2.35. The number of benzene rings is 1. The molecule has 1 aromatic carbocycles. The number of hydrogen-bond acceptors (Lipinski definition) is 2. The van der Waals surface area contributed by atoms with E-state index in [1.54, 1.807) is 0 Å². The minimum atomic E-state index is -0.115. The molecule has 0 amide bonds. The van der Waals surface area contributed by atoms with Crippen molar-refractivity contribution in [1.29, 1.82) is 0 Å². The first-order valence-electron chi connectivity index (χ1n) is 9.20. The van der Waals surface area contributed by atoms with Gasteiger partial charge in [0.25, 0.3) is 0 Å². The Morgan fingerprint density at radius 3 is 2.12 bits per heavy atom. The topological polar surface area (TPSA) is 12.5 Å². The summed E-state index contributed by atoms with van der Waals surface area (Å²) < 4.78 is 0. The fraction of sp³-hybridized carbons (Fsp3) is 0.435. The number of nitrogens with zero attached hydrogens (tertiary/aromatic N) is 1. The maximum absolute atomic E-state index is 6.55. The Morgan fingerprint density at radius 2 is 1.52 bits per heavy atom. The fourth-order valence-corrected chi connectivity index (χ4v) is 3.10. The van der Waals surface area contributed by atoms with Crippen LogP contribution in [0.2, 0.25) is 0 Å². The maximum atomic E-state index is 6.55. The van der Waals surface area contributed by atoms with Crippen molar-refractivity contribution in [1.82, 2.24) is 5.06 Å². The zero-order valence-corrected chi connectivity index (χ0v) is 16.4. The molecular formula is C23H32NO. The van der Waals surface area contributed by atoms with Gasteiger partial charge < -0.3 is 0 Å². The average molecular weight is 339 g/mol. The Labute approximate surface area is 153 Å². The largest absolute Gasteiger partial charge is 0.290 e. The maximum Gasteiger partial charge on any atom is 0.0984 e. The van der Waals surface area contributed by atoms with E-state index in [1.807, 2.05) is 12.2 Å². The minimum absolute atomic E-state index is 0.0170. The fourth-order valence-electron chi connectivity index (χ4n) is 3.10. The van der Waals surface area contributed by atoms with Crippen molar-refractivity contribution in [3.05, 3.63) is 78.3 Å². The van der Waals surface area contributed by atoms with Crippen LogP contribution in [0.1, 0.15) is 53.1 Å². The molecule has 25 heavy (non-hydrogen) atoms. The van der Waals surface area contributed by atoms with Crippen molar-refractivity contribution in [2.24, 2.45) is 5.92 Å². The molecule has 0 fully saturated rings. The van der Waals surface area contributed by atoms with Crippen LogP contribution in [0.5, 0.6) is 0 Å². The molecule has 0 saturated carbocycles. The molecule has 0 saturated heterocycles. The minimum Gasteiger partial charge on any atom is -0.290 e. The van der Waals surface area contributed by atoms with Gasteiger partial charge in [-0.05, 0) is 44.7 Å². The molecule has 0 N–H and O–H groups in total. The van der Waals surface area contributed by atoms with E-state index in [-0.39, 0.29) is 17.7 Å². The van der Waals surface area contributed by atoms with E-state index in [4.69, 9.17) is 4.84 Å². The average Bonchev–Trinajstić information content (AvgIpc) is 2.83. The van der Waals surface area contributed by atoms with Gasteiger partial charge in [-0.1, -0.05) is 74.6 Å². The van der Waals surface area contributed by atoms with Crippen molar-refractivity contribution in [2.75, 3.05) is 0 Å². The quantitative estimate of drug-likeness (QED) is 0.584. The molecule has 1 aliphatic rings. The Balaban J connectivity index is 2.30. The van der Waals surface area contributed by atoms with Crippen LogP contribution in [-0.2, 0) is 4.84 Å². The van der Waals surface area contributed by atoms with Crippen molar-refractivity contribution in [3.63, 3.8) is 0 Å². The van der Waals surface area contributed by atoms with E-state index in [1.165, 1.54) is 11.1 Å². The Morgan fingerprint density at radius 1 is 0.880 bits per heavy atom. The van der Waals surface area contributed by atoms with Gasteiger partial charge in [-0.3, -0.25) is 4.84 Å². The van der Waals surface area contributed by atoms with Crippen molar-refractivity contribution in [3.8, 4) is 0 Å². The smallest absolute Gasteiger partial charge is 0.0984 e. The van der Waals surface area contributed by atoms with Crippen molar-refractivity contribution < 1.29 is 4.84 Å². The van der Waals surface area contributed by atoms with Gasteiger partial charge >= 0.3 is 0 Å². The summed E-state index contributed by atoms with van der Waals surface area (Å²) in [7, 11) is 0. The lowest BCUT2D eigenvalue weighted by Crippen LogP contribution is -2.47. The van der Waals surface area contributed by atoms with Crippen molar-refractivity contribution >= 4 is 0 Å². The molecule has 0 bridgehead atoms. The molecule has 0 spiro atoms. The second kappa shape index (κ2) is 8.64. The highest BCUT2D eigenvalue weighted by molar-refractivity contribution is 5.33. The summed E-state index contributed by atoms with van der Waals surface area (Å²) in [6, 6.07) is 10.9. The molecule has 135 valence electrons. The van der Waals surface area contributed by atoms with Crippen LogP contribution in [0.4, 0.5) is 0 Å². The first-order chi connectivity index (χ1) is 11.8. The molecule has 2 atom stereocenters. The van der Waals surface area contributed by atoms with Crippen LogP contribution in [0.25, 0.3) is 0 Å². The number of hydrogen-bond donors (Lipinski definition) is 0. The van der Waals surface area contributed by atoms with E-state index in [0.717, 1.165) is 0 Å². The van der Waals surface area contributed by atoms with Crippen LogP contribution in [0.3, 0.4) is 0 Å². The van der Waals surface area contributed by atoms with Crippen molar-refractivity contribution in [2.45, 2.75) is 59.2 Å². The summed E-state index contributed by atoms with van der Waals surface area (Å²) in [4.78, 5) is 6.55. The molecule has 2 heteroatoms. The molecule has 2 rings (SSSR count).